The van der Waals surface area contributed by atoms with Crippen molar-refractivity contribution >= 4 is 35.1 Å². The maximum Gasteiger partial charge on any atom is 0.338 e. The van der Waals surface area contributed by atoms with Crippen LogP contribution in [0.3, 0.4) is 0 Å². The summed E-state index contributed by atoms with van der Waals surface area (Å²) in [6.07, 6.45) is 5.31. The Hall–Kier alpha value is -5.58. The van der Waals surface area contributed by atoms with Gasteiger partial charge < -0.3 is 29.7 Å². The van der Waals surface area contributed by atoms with Crippen molar-refractivity contribution in [2.75, 3.05) is 43.7 Å². The van der Waals surface area contributed by atoms with E-state index >= 15 is 0 Å². The minimum Gasteiger partial charge on any atom is -0.481 e. The third kappa shape index (κ3) is 9.45. The number of amides is 3. The topological polar surface area (TPSA) is 123 Å². The summed E-state index contributed by atoms with van der Waals surface area (Å²) in [7, 11) is 1.25. The summed E-state index contributed by atoms with van der Waals surface area (Å²) in [6.45, 7) is 0.874. The molecule has 0 atom stereocenters. The number of ether oxygens (including phenoxy) is 3. The number of methoxy groups -OCH3 is 1. The minimum absolute atomic E-state index is 0.00365. The number of anilines is 2. The predicted molar refractivity (Wildman–Crippen MR) is 168 cm³/mol. The summed E-state index contributed by atoms with van der Waals surface area (Å²) in [4.78, 5) is 51.8. The van der Waals surface area contributed by atoms with E-state index < -0.39 is 5.97 Å². The Morgan fingerprint density at radius 3 is 2.47 bits per heavy atom. The zero-order chi connectivity index (χ0) is 32.0. The average molecular weight is 608 g/mol. The van der Waals surface area contributed by atoms with Gasteiger partial charge in [0, 0.05) is 42.3 Å². The fourth-order valence-corrected chi connectivity index (χ4v) is 4.52. The summed E-state index contributed by atoms with van der Waals surface area (Å²) in [5.74, 6) is 7.61. The van der Waals surface area contributed by atoms with Crippen molar-refractivity contribution in [3.05, 3.63) is 89.0 Å². The lowest BCUT2D eigenvalue weighted by atomic mass is 10.0. The Balaban J connectivity index is 1.18. The fraction of sp³-hybridized carbons (Fsp3) is 0.257. The van der Waals surface area contributed by atoms with Crippen LogP contribution in [0.15, 0.2) is 66.7 Å². The molecule has 0 bridgehead atoms. The Kier molecular flexibility index (Phi) is 11.7. The van der Waals surface area contributed by atoms with E-state index in [4.69, 9.17) is 20.6 Å². The summed E-state index contributed by atoms with van der Waals surface area (Å²) >= 11 is 0. The molecule has 1 aliphatic heterocycles. The maximum absolute atomic E-state index is 13.3. The molecule has 0 spiro atoms. The van der Waals surface area contributed by atoms with Crippen LogP contribution in [0.4, 0.5) is 11.4 Å². The molecule has 10 nitrogen and oxygen atoms in total. The number of hydrogen-bond donors (Lipinski definition) is 2. The lowest BCUT2D eigenvalue weighted by Crippen LogP contribution is -2.34. The van der Waals surface area contributed by atoms with Crippen LogP contribution in [-0.2, 0) is 30.4 Å². The third-order valence-electron chi connectivity index (χ3n) is 6.72. The molecule has 2 N–H and O–H groups in total. The maximum atomic E-state index is 13.3. The second-order valence-corrected chi connectivity index (χ2v) is 9.90. The van der Waals surface area contributed by atoms with Crippen LogP contribution in [0, 0.1) is 24.2 Å². The number of rotatable bonds is 13. The van der Waals surface area contributed by atoms with Crippen molar-refractivity contribution in [1.29, 1.82) is 0 Å². The summed E-state index contributed by atoms with van der Waals surface area (Å²) in [5.41, 5.74) is 3.82. The van der Waals surface area contributed by atoms with Crippen molar-refractivity contribution in [2.24, 2.45) is 0 Å². The summed E-state index contributed by atoms with van der Waals surface area (Å²) < 4.78 is 15.6. The molecule has 0 saturated heterocycles. The van der Waals surface area contributed by atoms with Crippen molar-refractivity contribution < 1.29 is 33.4 Å². The van der Waals surface area contributed by atoms with E-state index in [1.807, 2.05) is 48.5 Å². The molecule has 0 unspecified atom stereocenters. The van der Waals surface area contributed by atoms with Crippen molar-refractivity contribution in [3.8, 4) is 29.9 Å². The number of carbonyl (C=O) groups is 4. The van der Waals surface area contributed by atoms with Gasteiger partial charge in [-0.3, -0.25) is 14.4 Å². The molecule has 0 aromatic heterocycles. The van der Waals surface area contributed by atoms with Crippen molar-refractivity contribution in [1.82, 2.24) is 5.32 Å². The zero-order valence-corrected chi connectivity index (χ0v) is 24.9. The molecule has 3 aromatic rings. The molecule has 1 heterocycles. The van der Waals surface area contributed by atoms with Crippen molar-refractivity contribution in [2.45, 2.75) is 25.8 Å². The largest absolute Gasteiger partial charge is 0.481 e. The normalized spacial score (nSPS) is 11.2. The van der Waals surface area contributed by atoms with Gasteiger partial charge in [0.2, 0.25) is 17.7 Å². The van der Waals surface area contributed by atoms with E-state index in [0.717, 1.165) is 22.4 Å². The third-order valence-corrected chi connectivity index (χ3v) is 6.72. The molecule has 1 aliphatic rings. The van der Waals surface area contributed by atoms with Gasteiger partial charge in [-0.1, -0.05) is 48.1 Å². The number of para-hydroxylation sites is 1. The Morgan fingerprint density at radius 1 is 0.911 bits per heavy atom. The van der Waals surface area contributed by atoms with Gasteiger partial charge in [-0.2, -0.15) is 0 Å². The van der Waals surface area contributed by atoms with Crippen LogP contribution >= 0.6 is 0 Å². The average Bonchev–Trinajstić information content (AvgIpc) is 3.04. The smallest absolute Gasteiger partial charge is 0.338 e. The molecule has 10 heteroatoms. The fourth-order valence-electron chi connectivity index (χ4n) is 4.52. The van der Waals surface area contributed by atoms with Crippen LogP contribution in [0.1, 0.15) is 46.3 Å². The molecule has 0 aliphatic carbocycles. The van der Waals surface area contributed by atoms with Gasteiger partial charge in [-0.15, -0.1) is 6.42 Å². The first kappa shape index (κ1) is 32.3. The van der Waals surface area contributed by atoms with Crippen LogP contribution in [0.2, 0.25) is 0 Å². The monoisotopic (exact) mass is 607 g/mol. The summed E-state index contributed by atoms with van der Waals surface area (Å²) in [5, 5.41) is 5.43. The number of terminal acetylenes is 1. The lowest BCUT2D eigenvalue weighted by molar-refractivity contribution is -0.125. The second-order valence-electron chi connectivity index (χ2n) is 9.90. The van der Waals surface area contributed by atoms with Gasteiger partial charge >= 0.3 is 5.97 Å². The first-order chi connectivity index (χ1) is 21.9. The molecule has 230 valence electrons. The van der Waals surface area contributed by atoms with Gasteiger partial charge in [-0.25, -0.2) is 4.79 Å². The molecule has 4 rings (SSSR count). The number of fused-ring (bicyclic) bond motifs is 2. The number of hydrogen-bond acceptors (Lipinski definition) is 7. The van der Waals surface area contributed by atoms with E-state index in [1.165, 1.54) is 19.2 Å². The SMILES string of the molecule is C#CCOc1cc(NC(=O)CCOCCNC(=O)CCC(=O)N2Cc3ccccc3C#Cc3ccccc32)cc(C(=O)OC)c1. The Labute approximate surface area is 262 Å². The van der Waals surface area contributed by atoms with E-state index in [9.17, 15) is 19.2 Å². The van der Waals surface area contributed by atoms with Crippen LogP contribution in [0.25, 0.3) is 0 Å². The van der Waals surface area contributed by atoms with E-state index in [-0.39, 0.29) is 68.9 Å². The molecular formula is C35H33N3O7. The van der Waals surface area contributed by atoms with E-state index in [2.05, 4.69) is 28.4 Å². The van der Waals surface area contributed by atoms with Gasteiger partial charge in [0.1, 0.15) is 12.4 Å². The van der Waals surface area contributed by atoms with Gasteiger partial charge in [0.15, 0.2) is 0 Å². The van der Waals surface area contributed by atoms with Crippen molar-refractivity contribution in [3.63, 3.8) is 0 Å². The number of nitrogens with zero attached hydrogens (tertiary/aromatic N) is 1. The minimum atomic E-state index is -0.588. The Morgan fingerprint density at radius 2 is 1.67 bits per heavy atom. The molecule has 0 fully saturated rings. The molecule has 3 amide bonds. The summed E-state index contributed by atoms with van der Waals surface area (Å²) in [6, 6.07) is 19.7. The van der Waals surface area contributed by atoms with Gasteiger partial charge in [0.05, 0.1) is 44.5 Å². The van der Waals surface area contributed by atoms with E-state index in [1.54, 1.807) is 11.0 Å². The van der Waals surface area contributed by atoms with E-state index in [0.29, 0.717) is 18.0 Å². The molecule has 0 saturated carbocycles. The first-order valence-electron chi connectivity index (χ1n) is 14.3. The lowest BCUT2D eigenvalue weighted by Gasteiger charge is -2.26. The highest BCUT2D eigenvalue weighted by atomic mass is 16.5. The molecular weight excluding hydrogens is 574 g/mol. The number of esters is 1. The first-order valence-corrected chi connectivity index (χ1v) is 14.3. The number of carbonyl (C=O) groups excluding carboxylic acids is 4. The molecule has 0 radical (unpaired) electrons. The van der Waals surface area contributed by atoms with Crippen LogP contribution in [0.5, 0.6) is 5.75 Å². The second kappa shape index (κ2) is 16.3. The highest BCUT2D eigenvalue weighted by molar-refractivity contribution is 5.97. The quantitative estimate of drug-likeness (QED) is 0.173. The highest BCUT2D eigenvalue weighted by Gasteiger charge is 2.21. The van der Waals surface area contributed by atoms with Gasteiger partial charge in [0.25, 0.3) is 0 Å². The Bertz CT molecular complexity index is 1670. The molecule has 3 aromatic carbocycles. The highest BCUT2D eigenvalue weighted by Crippen LogP contribution is 2.26. The van der Waals surface area contributed by atoms with Crippen LogP contribution < -0.4 is 20.3 Å². The number of nitrogens with one attached hydrogen (secondary N) is 2. The predicted octanol–water partition coefficient (Wildman–Crippen LogP) is 3.67. The van der Waals surface area contributed by atoms with Crippen LogP contribution in [-0.4, -0.2) is 57.2 Å². The van der Waals surface area contributed by atoms with Gasteiger partial charge in [-0.05, 0) is 35.9 Å². The molecule has 45 heavy (non-hydrogen) atoms. The zero-order valence-electron chi connectivity index (χ0n) is 24.9. The number of benzene rings is 3. The standard InChI is InChI=1S/C35H33N3O7/c1-3-18-45-30-22-28(35(42)43-2)21-29(23-30)37-33(40)16-19-44-20-17-36-32(39)14-15-34(41)38-24-27-10-5-4-8-25(27)12-13-26-9-6-7-11-31(26)38/h1,4-11,21-23H,14-20,24H2,2H3,(H,36,39)(H,37,40).